The number of para-hydroxylation sites is 1. The lowest BCUT2D eigenvalue weighted by molar-refractivity contribution is -0.165. The summed E-state index contributed by atoms with van der Waals surface area (Å²) in [7, 11) is 3.36. The second kappa shape index (κ2) is 12.7. The van der Waals surface area contributed by atoms with Crippen molar-refractivity contribution < 1.29 is 19.5 Å². The third-order valence-electron chi connectivity index (χ3n) is 7.73. The van der Waals surface area contributed by atoms with Gasteiger partial charge in [0.1, 0.15) is 18.0 Å². The quantitative estimate of drug-likeness (QED) is 0.238. The Morgan fingerprint density at radius 3 is 2.48 bits per heavy atom. The number of aromatic hydroxyl groups is 1. The van der Waals surface area contributed by atoms with Crippen molar-refractivity contribution in [2.45, 2.75) is 31.7 Å². The van der Waals surface area contributed by atoms with E-state index in [2.05, 4.69) is 10.3 Å². The molecule has 0 radical (unpaired) electrons. The molecule has 10 nitrogen and oxygen atoms in total. The molecular weight excluding hydrogens is 532 g/mol. The number of benzene rings is 3. The van der Waals surface area contributed by atoms with Gasteiger partial charge in [-0.2, -0.15) is 5.01 Å². The summed E-state index contributed by atoms with van der Waals surface area (Å²) in [6, 6.07) is 24.7. The van der Waals surface area contributed by atoms with Crippen molar-refractivity contribution in [3.63, 3.8) is 0 Å². The summed E-state index contributed by atoms with van der Waals surface area (Å²) >= 11 is 0. The molecule has 2 N–H and O–H groups in total. The van der Waals surface area contributed by atoms with Gasteiger partial charge in [-0.1, -0.05) is 66.7 Å². The summed E-state index contributed by atoms with van der Waals surface area (Å²) in [4.78, 5) is 47.5. The van der Waals surface area contributed by atoms with Gasteiger partial charge in [-0.25, -0.2) is 4.79 Å². The van der Waals surface area contributed by atoms with Gasteiger partial charge in [0.2, 0.25) is 12.3 Å². The van der Waals surface area contributed by atoms with Crippen molar-refractivity contribution in [1.82, 2.24) is 30.1 Å². The molecule has 1 saturated heterocycles. The molecular formula is C32H34N6O4. The summed E-state index contributed by atoms with van der Waals surface area (Å²) in [6.45, 7) is 0.821. The lowest BCUT2D eigenvalue weighted by Gasteiger charge is -2.49. The Morgan fingerprint density at radius 1 is 1.00 bits per heavy atom. The number of rotatable bonds is 9. The van der Waals surface area contributed by atoms with E-state index in [-0.39, 0.29) is 30.7 Å². The molecule has 216 valence electrons. The molecule has 1 fully saturated rings. The molecule has 2 atom stereocenters. The third kappa shape index (κ3) is 6.18. The number of hydrogen-bond donors (Lipinski definition) is 2. The minimum Gasteiger partial charge on any atom is -0.508 e. The van der Waals surface area contributed by atoms with Gasteiger partial charge in [0.15, 0.2) is 0 Å². The van der Waals surface area contributed by atoms with E-state index in [1.165, 1.54) is 9.91 Å². The van der Waals surface area contributed by atoms with Crippen LogP contribution >= 0.6 is 0 Å². The van der Waals surface area contributed by atoms with Gasteiger partial charge in [-0.3, -0.25) is 19.6 Å². The normalized spacial score (nSPS) is 17.0. The summed E-state index contributed by atoms with van der Waals surface area (Å²) < 4.78 is 0. The zero-order valence-electron chi connectivity index (χ0n) is 23.6. The first-order chi connectivity index (χ1) is 20.4. The van der Waals surface area contributed by atoms with Crippen molar-refractivity contribution in [1.29, 1.82) is 0 Å². The van der Waals surface area contributed by atoms with E-state index in [1.54, 1.807) is 54.5 Å². The fourth-order valence-corrected chi connectivity index (χ4v) is 5.30. The molecule has 0 aliphatic carbocycles. The first-order valence-corrected chi connectivity index (χ1v) is 13.8. The Kier molecular flexibility index (Phi) is 8.63. The van der Waals surface area contributed by atoms with E-state index in [1.807, 2.05) is 60.7 Å². The zero-order chi connectivity index (χ0) is 29.6. The van der Waals surface area contributed by atoms with Crippen LogP contribution in [-0.2, 0) is 29.1 Å². The van der Waals surface area contributed by atoms with Gasteiger partial charge in [-0.05, 0) is 34.9 Å². The number of hydrogen-bond acceptors (Lipinski definition) is 6. The highest BCUT2D eigenvalue weighted by atomic mass is 16.3. The van der Waals surface area contributed by atoms with E-state index in [9.17, 15) is 19.5 Å². The van der Waals surface area contributed by atoms with Crippen LogP contribution in [0.1, 0.15) is 16.7 Å². The molecule has 10 heteroatoms. The molecule has 0 bridgehead atoms. The molecule has 1 aromatic heterocycles. The summed E-state index contributed by atoms with van der Waals surface area (Å²) in [6.07, 6.45) is 2.02. The van der Waals surface area contributed by atoms with E-state index in [0.29, 0.717) is 19.5 Å². The molecule has 5 rings (SSSR count). The Morgan fingerprint density at radius 2 is 1.74 bits per heavy atom. The van der Waals surface area contributed by atoms with E-state index < -0.39 is 12.2 Å². The van der Waals surface area contributed by atoms with Crippen LogP contribution in [0.5, 0.6) is 5.75 Å². The van der Waals surface area contributed by atoms with E-state index in [0.717, 1.165) is 27.6 Å². The second-order valence-electron chi connectivity index (χ2n) is 10.4. The van der Waals surface area contributed by atoms with Crippen molar-refractivity contribution in [2.24, 2.45) is 0 Å². The number of phenolic OH excluding ortho intramolecular Hbond substituents is 1. The number of nitrogens with one attached hydrogen (secondary N) is 1. The predicted octanol–water partition coefficient (Wildman–Crippen LogP) is 3.37. The number of aromatic nitrogens is 1. The highest BCUT2D eigenvalue weighted by molar-refractivity contribution is 5.87. The van der Waals surface area contributed by atoms with Crippen LogP contribution in [0.15, 0.2) is 91.1 Å². The first-order valence-electron chi connectivity index (χ1n) is 13.8. The smallest absolute Gasteiger partial charge is 0.331 e. The zero-order valence-corrected chi connectivity index (χ0v) is 23.6. The minimum absolute atomic E-state index is 0.117. The standard InChI is InChI=1S/C32H34N6O4/c1-35(36(2)32(42)34-19-24-8-4-3-5-9-24)29-21-37(20-26-11-6-10-25-12-7-17-33-30(25)26)31(41)28(38(29)22-39)18-23-13-15-27(40)16-14-23/h3-17,22,28-29,40H,18-21H2,1-2H3,(H,34,42)/t28-,29+/m0/s1. The van der Waals surface area contributed by atoms with Crippen LogP contribution in [0.25, 0.3) is 10.9 Å². The summed E-state index contributed by atoms with van der Waals surface area (Å²) in [5.41, 5.74) is 3.45. The number of fused-ring (bicyclic) bond motifs is 1. The molecule has 3 aromatic carbocycles. The van der Waals surface area contributed by atoms with Crippen LogP contribution in [0, 0.1) is 0 Å². The number of likely N-dealkylation sites (N-methyl/N-ethyl adjacent to an activating group) is 1. The molecule has 2 heterocycles. The molecule has 1 aliphatic heterocycles. The van der Waals surface area contributed by atoms with Gasteiger partial charge in [0, 0.05) is 45.2 Å². The van der Waals surface area contributed by atoms with Crippen LogP contribution in [-0.4, -0.2) is 81.1 Å². The number of amides is 4. The Hall–Kier alpha value is -4.96. The van der Waals surface area contributed by atoms with Gasteiger partial charge >= 0.3 is 6.03 Å². The Bertz CT molecular complexity index is 1540. The van der Waals surface area contributed by atoms with Gasteiger partial charge in [0.25, 0.3) is 0 Å². The molecule has 0 saturated carbocycles. The van der Waals surface area contributed by atoms with Gasteiger partial charge in [0.05, 0.1) is 12.1 Å². The number of nitrogens with zero attached hydrogens (tertiary/aromatic N) is 5. The second-order valence-corrected chi connectivity index (χ2v) is 10.4. The van der Waals surface area contributed by atoms with E-state index in [4.69, 9.17) is 0 Å². The maximum absolute atomic E-state index is 14.0. The van der Waals surface area contributed by atoms with Crippen molar-refractivity contribution in [3.8, 4) is 5.75 Å². The lowest BCUT2D eigenvalue weighted by atomic mass is 9.99. The molecule has 4 amide bonds. The monoisotopic (exact) mass is 566 g/mol. The number of piperazine rings is 1. The number of carbonyl (C=O) groups excluding carboxylic acids is 3. The Labute approximate surface area is 244 Å². The average molecular weight is 567 g/mol. The van der Waals surface area contributed by atoms with Crippen LogP contribution in [0.4, 0.5) is 4.79 Å². The maximum Gasteiger partial charge on any atom is 0.331 e. The highest BCUT2D eigenvalue weighted by Gasteiger charge is 2.43. The number of hydrazine groups is 1. The topological polar surface area (TPSA) is 109 Å². The molecule has 0 unspecified atom stereocenters. The Balaban J connectivity index is 1.42. The van der Waals surface area contributed by atoms with Crippen molar-refractivity contribution in [2.75, 3.05) is 20.6 Å². The summed E-state index contributed by atoms with van der Waals surface area (Å²) in [5, 5.41) is 16.7. The fraction of sp³-hybridized carbons (Fsp3) is 0.250. The van der Waals surface area contributed by atoms with Gasteiger partial charge < -0.3 is 20.2 Å². The minimum atomic E-state index is -0.822. The molecule has 42 heavy (non-hydrogen) atoms. The van der Waals surface area contributed by atoms with Crippen molar-refractivity contribution >= 4 is 29.3 Å². The fourth-order valence-electron chi connectivity index (χ4n) is 5.30. The van der Waals surface area contributed by atoms with Gasteiger partial charge in [-0.15, -0.1) is 0 Å². The SMILES string of the molecule is CN(C(=O)NCc1ccccc1)N(C)[C@H]1CN(Cc2cccc3cccnc23)C(=O)[C@H](Cc2ccc(O)cc2)N1C=O. The molecule has 1 aliphatic rings. The maximum atomic E-state index is 14.0. The third-order valence-corrected chi connectivity index (χ3v) is 7.73. The largest absolute Gasteiger partial charge is 0.508 e. The number of urea groups is 1. The first kappa shape index (κ1) is 28.6. The molecule has 0 spiro atoms. The van der Waals surface area contributed by atoms with Crippen LogP contribution in [0.2, 0.25) is 0 Å². The number of pyridine rings is 1. The molecule has 4 aromatic rings. The van der Waals surface area contributed by atoms with E-state index >= 15 is 0 Å². The van der Waals surface area contributed by atoms with Crippen molar-refractivity contribution in [3.05, 3.63) is 108 Å². The highest BCUT2D eigenvalue weighted by Crippen LogP contribution is 2.26. The predicted molar refractivity (Wildman–Crippen MR) is 159 cm³/mol. The number of phenols is 1. The number of carbonyl (C=O) groups is 3. The summed E-state index contributed by atoms with van der Waals surface area (Å²) in [5.74, 6) is -0.0873. The average Bonchev–Trinajstić information content (AvgIpc) is 3.02. The van der Waals surface area contributed by atoms with Crippen LogP contribution in [0.3, 0.4) is 0 Å². The van der Waals surface area contributed by atoms with Crippen LogP contribution < -0.4 is 5.32 Å². The lowest BCUT2D eigenvalue weighted by Crippen LogP contribution is -2.68.